The van der Waals surface area contributed by atoms with Gasteiger partial charge in [0.15, 0.2) is 0 Å². The predicted octanol–water partition coefficient (Wildman–Crippen LogP) is 2.39. The number of nitrogens with zero attached hydrogens (tertiary/aromatic N) is 4. The number of anilines is 1. The minimum absolute atomic E-state index is 0.00766. The maximum Gasteiger partial charge on any atom is 0.311 e. The number of hydrogen-bond donors (Lipinski definition) is 0. The fourth-order valence-corrected chi connectivity index (χ4v) is 2.40. The van der Waals surface area contributed by atoms with Gasteiger partial charge in [-0.05, 0) is 13.0 Å². The number of aromatic nitrogens is 2. The molecule has 0 aromatic carbocycles. The normalized spacial score (nSPS) is 10.3. The van der Waals surface area contributed by atoms with Crippen molar-refractivity contribution in [2.24, 2.45) is 0 Å². The summed E-state index contributed by atoms with van der Waals surface area (Å²) in [6.07, 6.45) is 1.55. The number of hydrogen-bond acceptors (Lipinski definition) is 6. The molecule has 0 saturated heterocycles. The van der Waals surface area contributed by atoms with Gasteiger partial charge in [-0.15, -0.1) is 11.3 Å². The number of pyridine rings is 1. The van der Waals surface area contributed by atoms with Crippen LogP contribution in [0.2, 0.25) is 0 Å². The Balaban J connectivity index is 2.23. The highest BCUT2D eigenvalue weighted by Gasteiger charge is 2.18. The summed E-state index contributed by atoms with van der Waals surface area (Å²) in [5, 5.41) is 13.8. The number of aryl methyl sites for hydroxylation is 1. The van der Waals surface area contributed by atoms with Crippen molar-refractivity contribution < 1.29 is 4.92 Å². The second kappa shape index (κ2) is 5.09. The van der Waals surface area contributed by atoms with Crippen LogP contribution in [-0.4, -0.2) is 21.9 Å². The molecule has 0 aliphatic heterocycles. The topological polar surface area (TPSA) is 72.2 Å². The molecule has 2 rings (SSSR count). The summed E-state index contributed by atoms with van der Waals surface area (Å²) in [5.74, 6) is 0.357. The third kappa shape index (κ3) is 2.62. The second-order valence-corrected chi connectivity index (χ2v) is 4.78. The molecule has 94 valence electrons. The predicted molar refractivity (Wildman–Crippen MR) is 69.8 cm³/mol. The molecule has 6 nitrogen and oxygen atoms in total. The molecule has 2 heterocycles. The Bertz CT molecular complexity index is 570. The first-order chi connectivity index (χ1) is 8.58. The highest BCUT2D eigenvalue weighted by molar-refractivity contribution is 7.09. The average Bonchev–Trinajstić information content (AvgIpc) is 2.74. The summed E-state index contributed by atoms with van der Waals surface area (Å²) in [6.45, 7) is 2.43. The first-order valence-electron chi connectivity index (χ1n) is 5.29. The summed E-state index contributed by atoms with van der Waals surface area (Å²) in [5.41, 5.74) is 0.965. The van der Waals surface area contributed by atoms with Crippen LogP contribution >= 0.6 is 11.3 Å². The van der Waals surface area contributed by atoms with Gasteiger partial charge in [-0.25, -0.2) is 9.97 Å². The van der Waals surface area contributed by atoms with Gasteiger partial charge in [-0.3, -0.25) is 10.1 Å². The van der Waals surface area contributed by atoms with E-state index in [0.717, 1.165) is 10.7 Å². The Kier molecular flexibility index (Phi) is 3.52. The zero-order valence-corrected chi connectivity index (χ0v) is 10.8. The SMILES string of the molecule is Cc1csc(CN(C)c2ncccc2[N+](=O)[O-])n1. The van der Waals surface area contributed by atoms with Gasteiger partial charge in [-0.1, -0.05) is 0 Å². The smallest absolute Gasteiger partial charge is 0.311 e. The van der Waals surface area contributed by atoms with Crippen molar-refractivity contribution >= 4 is 22.8 Å². The van der Waals surface area contributed by atoms with Crippen LogP contribution in [0, 0.1) is 17.0 Å². The summed E-state index contributed by atoms with van der Waals surface area (Å²) < 4.78 is 0. The maximum absolute atomic E-state index is 10.9. The molecule has 2 aromatic heterocycles. The average molecular weight is 264 g/mol. The third-order valence-electron chi connectivity index (χ3n) is 2.36. The van der Waals surface area contributed by atoms with E-state index in [9.17, 15) is 10.1 Å². The van der Waals surface area contributed by atoms with E-state index in [0.29, 0.717) is 12.4 Å². The van der Waals surface area contributed by atoms with Crippen molar-refractivity contribution in [3.05, 3.63) is 44.5 Å². The van der Waals surface area contributed by atoms with E-state index in [4.69, 9.17) is 0 Å². The number of nitro groups is 1. The lowest BCUT2D eigenvalue weighted by atomic mass is 10.3. The van der Waals surface area contributed by atoms with Crippen LogP contribution in [0.3, 0.4) is 0 Å². The fourth-order valence-electron chi connectivity index (χ4n) is 1.58. The van der Waals surface area contributed by atoms with E-state index >= 15 is 0 Å². The Labute approximate surface area is 108 Å². The van der Waals surface area contributed by atoms with Gasteiger partial charge in [0.25, 0.3) is 0 Å². The quantitative estimate of drug-likeness (QED) is 0.626. The van der Waals surface area contributed by atoms with E-state index in [1.807, 2.05) is 12.3 Å². The van der Waals surface area contributed by atoms with Crippen LogP contribution in [0.25, 0.3) is 0 Å². The lowest BCUT2D eigenvalue weighted by Crippen LogP contribution is -2.18. The standard InChI is InChI=1S/C11H12N4O2S/c1-8-7-18-10(13-8)6-14(2)11-9(15(16)17)4-3-5-12-11/h3-5,7H,6H2,1-2H3. The zero-order chi connectivity index (χ0) is 13.1. The monoisotopic (exact) mass is 264 g/mol. The number of rotatable bonds is 4. The Hall–Kier alpha value is -2.02. The van der Waals surface area contributed by atoms with E-state index in [2.05, 4.69) is 9.97 Å². The molecule has 0 bridgehead atoms. The van der Waals surface area contributed by atoms with Gasteiger partial charge in [0.2, 0.25) is 5.82 Å². The van der Waals surface area contributed by atoms with Crippen molar-refractivity contribution in [1.29, 1.82) is 0 Å². The summed E-state index contributed by atoms with van der Waals surface area (Å²) in [6, 6.07) is 3.01. The first kappa shape index (κ1) is 12.4. The maximum atomic E-state index is 10.9. The molecular weight excluding hydrogens is 252 g/mol. The van der Waals surface area contributed by atoms with Crippen LogP contribution in [0.15, 0.2) is 23.7 Å². The van der Waals surface area contributed by atoms with E-state index in [-0.39, 0.29) is 5.69 Å². The second-order valence-electron chi connectivity index (χ2n) is 3.84. The largest absolute Gasteiger partial charge is 0.347 e. The molecule has 0 fully saturated rings. The molecule has 0 radical (unpaired) electrons. The minimum Gasteiger partial charge on any atom is -0.347 e. The molecule has 0 amide bonds. The third-order valence-corrected chi connectivity index (χ3v) is 3.31. The molecule has 0 atom stereocenters. The molecule has 0 unspecified atom stereocenters. The van der Waals surface area contributed by atoms with Crippen LogP contribution in [0.4, 0.5) is 11.5 Å². The Morgan fingerprint density at radius 1 is 1.56 bits per heavy atom. The van der Waals surface area contributed by atoms with Gasteiger partial charge in [0.05, 0.1) is 11.5 Å². The molecular formula is C11H12N4O2S. The fraction of sp³-hybridized carbons (Fsp3) is 0.273. The number of thiazole rings is 1. The van der Waals surface area contributed by atoms with Crippen molar-refractivity contribution in [3.63, 3.8) is 0 Å². The Morgan fingerprint density at radius 2 is 2.33 bits per heavy atom. The molecule has 0 N–H and O–H groups in total. The highest BCUT2D eigenvalue weighted by Crippen LogP contribution is 2.25. The van der Waals surface area contributed by atoms with E-state index in [1.165, 1.54) is 17.4 Å². The zero-order valence-electron chi connectivity index (χ0n) is 10.0. The van der Waals surface area contributed by atoms with E-state index in [1.54, 1.807) is 24.2 Å². The van der Waals surface area contributed by atoms with Crippen LogP contribution in [-0.2, 0) is 6.54 Å². The molecule has 7 heteroatoms. The molecule has 0 spiro atoms. The van der Waals surface area contributed by atoms with Gasteiger partial charge < -0.3 is 4.90 Å². The van der Waals surface area contributed by atoms with Crippen LogP contribution in [0.5, 0.6) is 0 Å². The van der Waals surface area contributed by atoms with Gasteiger partial charge in [-0.2, -0.15) is 0 Å². The lowest BCUT2D eigenvalue weighted by Gasteiger charge is -2.15. The van der Waals surface area contributed by atoms with Gasteiger partial charge in [0, 0.05) is 30.4 Å². The summed E-state index contributed by atoms with van der Waals surface area (Å²) >= 11 is 1.54. The van der Waals surface area contributed by atoms with Crippen molar-refractivity contribution in [2.75, 3.05) is 11.9 Å². The first-order valence-corrected chi connectivity index (χ1v) is 6.17. The van der Waals surface area contributed by atoms with Gasteiger partial charge >= 0.3 is 5.69 Å². The summed E-state index contributed by atoms with van der Waals surface area (Å²) in [7, 11) is 1.77. The van der Waals surface area contributed by atoms with Gasteiger partial charge in [0.1, 0.15) is 5.01 Å². The molecule has 0 saturated carbocycles. The molecule has 2 aromatic rings. The Morgan fingerprint density at radius 3 is 2.94 bits per heavy atom. The van der Waals surface area contributed by atoms with Crippen LogP contribution in [0.1, 0.15) is 10.7 Å². The molecule has 0 aliphatic rings. The highest BCUT2D eigenvalue weighted by atomic mass is 32.1. The van der Waals surface area contributed by atoms with Crippen molar-refractivity contribution in [1.82, 2.24) is 9.97 Å². The van der Waals surface area contributed by atoms with Crippen molar-refractivity contribution in [2.45, 2.75) is 13.5 Å². The van der Waals surface area contributed by atoms with Crippen molar-refractivity contribution in [3.8, 4) is 0 Å². The van der Waals surface area contributed by atoms with E-state index < -0.39 is 4.92 Å². The summed E-state index contributed by atoms with van der Waals surface area (Å²) in [4.78, 5) is 20.6. The molecule has 0 aliphatic carbocycles. The minimum atomic E-state index is -0.425. The molecule has 18 heavy (non-hydrogen) atoms. The van der Waals surface area contributed by atoms with Crippen LogP contribution < -0.4 is 4.90 Å². The lowest BCUT2D eigenvalue weighted by molar-refractivity contribution is -0.384.